The van der Waals surface area contributed by atoms with Crippen LogP contribution in [0.25, 0.3) is 0 Å². The molecule has 1 aromatic carbocycles. The third kappa shape index (κ3) is 4.83. The summed E-state index contributed by atoms with van der Waals surface area (Å²) in [7, 11) is 0. The minimum Gasteiger partial charge on any atom is -0.598 e. The van der Waals surface area contributed by atoms with E-state index in [1.165, 1.54) is 24.4 Å². The number of rotatable bonds is 6. The SMILES string of the molecule is CC(C)(C)[S+]([O-])N[C@@](CCO)(c1ccc(C(F)(F)F)cc1)c1ncccc1F. The second-order valence-corrected chi connectivity index (χ2v) is 9.24. The maximum absolute atomic E-state index is 14.6. The van der Waals surface area contributed by atoms with Crippen molar-refractivity contribution in [1.82, 2.24) is 9.71 Å². The van der Waals surface area contributed by atoms with Gasteiger partial charge in [0.2, 0.25) is 0 Å². The van der Waals surface area contributed by atoms with Crippen molar-refractivity contribution in [3.63, 3.8) is 0 Å². The Labute approximate surface area is 164 Å². The van der Waals surface area contributed by atoms with E-state index in [-0.39, 0.29) is 17.7 Å². The molecule has 2 atom stereocenters. The highest BCUT2D eigenvalue weighted by atomic mass is 32.2. The molecule has 2 rings (SSSR count). The van der Waals surface area contributed by atoms with Crippen LogP contribution in [0.15, 0.2) is 42.6 Å². The normalized spacial score (nSPS) is 15.9. The Morgan fingerprint density at radius 3 is 2.11 bits per heavy atom. The lowest BCUT2D eigenvalue weighted by Crippen LogP contribution is -2.53. The summed E-state index contributed by atoms with van der Waals surface area (Å²) in [5.74, 6) is -0.728. The Morgan fingerprint density at radius 1 is 1.07 bits per heavy atom. The van der Waals surface area contributed by atoms with E-state index in [1.807, 2.05) is 0 Å². The predicted molar refractivity (Wildman–Crippen MR) is 99.2 cm³/mol. The lowest BCUT2D eigenvalue weighted by Gasteiger charge is -2.37. The van der Waals surface area contributed by atoms with E-state index in [2.05, 4.69) is 9.71 Å². The summed E-state index contributed by atoms with van der Waals surface area (Å²) in [6.45, 7) is 4.65. The van der Waals surface area contributed by atoms with Gasteiger partial charge in [0.05, 0.1) is 5.56 Å². The lowest BCUT2D eigenvalue weighted by atomic mass is 9.83. The predicted octanol–water partition coefficient (Wildman–Crippen LogP) is 3.92. The average molecular weight is 418 g/mol. The molecule has 0 saturated carbocycles. The van der Waals surface area contributed by atoms with Gasteiger partial charge in [-0.15, -0.1) is 4.72 Å². The van der Waals surface area contributed by atoms with Crippen LogP contribution >= 0.6 is 0 Å². The molecule has 0 amide bonds. The summed E-state index contributed by atoms with van der Waals surface area (Å²) >= 11 is -1.73. The number of aliphatic hydroxyl groups excluding tert-OH is 1. The number of benzene rings is 1. The van der Waals surface area contributed by atoms with Gasteiger partial charge in [0.1, 0.15) is 21.8 Å². The smallest absolute Gasteiger partial charge is 0.416 e. The first-order chi connectivity index (χ1) is 12.9. The third-order valence-electron chi connectivity index (χ3n) is 4.18. The molecule has 0 radical (unpaired) electrons. The standard InChI is InChI=1S/C19H22F4N2O2S/c1-17(2,3)28(27)25-18(10-12-26,16-15(20)5-4-11-24-16)13-6-8-14(9-7-13)19(21,22)23/h4-9,11,25-26H,10,12H2,1-3H3/t18-,28?/m0/s1. The lowest BCUT2D eigenvalue weighted by molar-refractivity contribution is -0.137. The van der Waals surface area contributed by atoms with E-state index in [9.17, 15) is 27.2 Å². The first kappa shape index (κ1) is 22.6. The molecule has 0 aliphatic heterocycles. The molecule has 0 bridgehead atoms. The van der Waals surface area contributed by atoms with Gasteiger partial charge in [-0.05, 0) is 50.6 Å². The molecular formula is C19H22F4N2O2S. The van der Waals surface area contributed by atoms with Gasteiger partial charge in [0, 0.05) is 30.6 Å². The third-order valence-corrected chi connectivity index (χ3v) is 5.82. The van der Waals surface area contributed by atoms with E-state index in [0.717, 1.165) is 18.2 Å². The number of pyridine rings is 1. The second-order valence-electron chi connectivity index (χ2n) is 7.27. The number of aliphatic hydroxyl groups is 1. The maximum atomic E-state index is 14.6. The Kier molecular flexibility index (Phi) is 6.75. The molecule has 0 saturated heterocycles. The number of halogens is 4. The molecule has 0 aliphatic rings. The number of aromatic nitrogens is 1. The fourth-order valence-corrected chi connectivity index (χ4v) is 3.62. The molecule has 1 unspecified atom stereocenters. The highest BCUT2D eigenvalue weighted by molar-refractivity contribution is 7.90. The van der Waals surface area contributed by atoms with Crippen LogP contribution in [0.2, 0.25) is 0 Å². The molecule has 2 N–H and O–H groups in total. The molecule has 2 aromatic rings. The highest BCUT2D eigenvalue weighted by Gasteiger charge is 2.45. The Bertz CT molecular complexity index is 794. The fourth-order valence-electron chi connectivity index (χ4n) is 2.68. The molecule has 0 aliphatic carbocycles. The van der Waals surface area contributed by atoms with Crippen LogP contribution in [0.1, 0.15) is 44.0 Å². The van der Waals surface area contributed by atoms with Gasteiger partial charge in [-0.1, -0.05) is 12.1 Å². The summed E-state index contributed by atoms with van der Waals surface area (Å²) in [4.78, 5) is 4.05. The Balaban J connectivity index is 2.67. The van der Waals surface area contributed by atoms with Crippen molar-refractivity contribution in [1.29, 1.82) is 0 Å². The van der Waals surface area contributed by atoms with E-state index in [4.69, 9.17) is 0 Å². The molecule has 4 nitrogen and oxygen atoms in total. The van der Waals surface area contributed by atoms with Crippen LogP contribution in [0.4, 0.5) is 17.6 Å². The molecule has 1 aromatic heterocycles. The summed E-state index contributed by atoms with van der Waals surface area (Å²) in [5.41, 5.74) is -2.39. The first-order valence-corrected chi connectivity index (χ1v) is 9.66. The van der Waals surface area contributed by atoms with E-state index < -0.39 is 45.8 Å². The monoisotopic (exact) mass is 418 g/mol. The van der Waals surface area contributed by atoms with Gasteiger partial charge >= 0.3 is 6.18 Å². The van der Waals surface area contributed by atoms with Crippen molar-refractivity contribution in [3.05, 3.63) is 65.2 Å². The zero-order chi connectivity index (χ0) is 21.2. The molecule has 1 heterocycles. The minimum absolute atomic E-state index is 0.145. The van der Waals surface area contributed by atoms with Crippen LogP contribution in [-0.2, 0) is 23.1 Å². The quantitative estimate of drug-likeness (QED) is 0.551. The van der Waals surface area contributed by atoms with E-state index in [0.29, 0.717) is 0 Å². The van der Waals surface area contributed by atoms with Gasteiger partial charge in [0.15, 0.2) is 0 Å². The van der Waals surface area contributed by atoms with E-state index >= 15 is 0 Å². The summed E-state index contributed by atoms with van der Waals surface area (Å²) in [6, 6.07) is 6.61. The van der Waals surface area contributed by atoms with Crippen molar-refractivity contribution < 1.29 is 27.2 Å². The Hall–Kier alpha value is -1.68. The molecule has 154 valence electrons. The van der Waals surface area contributed by atoms with Gasteiger partial charge in [-0.25, -0.2) is 4.39 Å². The average Bonchev–Trinajstić information content (AvgIpc) is 2.60. The first-order valence-electron chi connectivity index (χ1n) is 8.51. The van der Waals surface area contributed by atoms with Crippen LogP contribution in [0.3, 0.4) is 0 Å². The number of nitrogens with zero attached hydrogens (tertiary/aromatic N) is 1. The zero-order valence-corrected chi connectivity index (χ0v) is 16.5. The largest absolute Gasteiger partial charge is 0.598 e. The van der Waals surface area contributed by atoms with Crippen LogP contribution in [0.5, 0.6) is 0 Å². The second kappa shape index (κ2) is 8.36. The van der Waals surface area contributed by atoms with Gasteiger partial charge in [-0.2, -0.15) is 13.2 Å². The summed E-state index contributed by atoms with van der Waals surface area (Å²) in [6.07, 6.45) is -3.35. The molecular weight excluding hydrogens is 396 g/mol. The number of nitrogens with one attached hydrogen (secondary N) is 1. The molecule has 28 heavy (non-hydrogen) atoms. The highest BCUT2D eigenvalue weighted by Crippen LogP contribution is 2.37. The number of alkyl halides is 3. The summed E-state index contributed by atoms with van der Waals surface area (Å²) in [5, 5.41) is 9.65. The summed E-state index contributed by atoms with van der Waals surface area (Å²) < 4.78 is 68.4. The van der Waals surface area contributed by atoms with Crippen molar-refractivity contribution in [2.24, 2.45) is 0 Å². The minimum atomic E-state index is -4.53. The van der Waals surface area contributed by atoms with Crippen molar-refractivity contribution in [2.45, 2.75) is 43.7 Å². The molecule has 9 heteroatoms. The topological polar surface area (TPSA) is 68.2 Å². The zero-order valence-electron chi connectivity index (χ0n) is 15.7. The maximum Gasteiger partial charge on any atom is 0.416 e. The number of hydrogen-bond acceptors (Lipinski definition) is 4. The van der Waals surface area contributed by atoms with Crippen LogP contribution < -0.4 is 4.72 Å². The fraction of sp³-hybridized carbons (Fsp3) is 0.421. The van der Waals surface area contributed by atoms with Crippen molar-refractivity contribution in [2.75, 3.05) is 6.61 Å². The van der Waals surface area contributed by atoms with Gasteiger partial charge < -0.3 is 9.66 Å². The Morgan fingerprint density at radius 2 is 1.64 bits per heavy atom. The van der Waals surface area contributed by atoms with Crippen molar-refractivity contribution in [3.8, 4) is 0 Å². The van der Waals surface area contributed by atoms with Gasteiger partial charge in [0.25, 0.3) is 0 Å². The number of hydrogen-bond donors (Lipinski definition) is 2. The van der Waals surface area contributed by atoms with Crippen LogP contribution in [0, 0.1) is 5.82 Å². The van der Waals surface area contributed by atoms with E-state index in [1.54, 1.807) is 20.8 Å². The van der Waals surface area contributed by atoms with Crippen LogP contribution in [-0.4, -0.2) is 26.0 Å². The van der Waals surface area contributed by atoms with Crippen molar-refractivity contribution >= 4 is 11.4 Å². The van der Waals surface area contributed by atoms with Gasteiger partial charge in [-0.3, -0.25) is 4.98 Å². The molecule has 0 fully saturated rings. The molecule has 0 spiro atoms.